The van der Waals surface area contributed by atoms with Gasteiger partial charge in [-0.05, 0) is 68.7 Å². The molecule has 0 saturated carbocycles. The first-order valence-electron chi connectivity index (χ1n) is 10.8. The lowest BCUT2D eigenvalue weighted by atomic mass is 9.91. The summed E-state index contributed by atoms with van der Waals surface area (Å²) in [7, 11) is 3.11. The maximum absolute atomic E-state index is 12.3. The molecule has 2 aliphatic rings. The van der Waals surface area contributed by atoms with E-state index in [1.54, 1.807) is 7.11 Å². The minimum Gasteiger partial charge on any atom is -0.497 e. The Morgan fingerprint density at radius 3 is 2.13 bits per heavy atom. The van der Waals surface area contributed by atoms with Gasteiger partial charge in [0.25, 0.3) is 0 Å². The number of hydrogen-bond donors (Lipinski definition) is 0. The van der Waals surface area contributed by atoms with Crippen LogP contribution in [0.4, 0.5) is 11.4 Å². The zero-order valence-corrected chi connectivity index (χ0v) is 19.4. The fraction of sp³-hybridized carbons (Fsp3) is 0.480. The fourth-order valence-electron chi connectivity index (χ4n) is 4.90. The molecule has 2 aromatic carbocycles. The normalized spacial score (nSPS) is 20.3. The van der Waals surface area contributed by atoms with Crippen LogP contribution in [0.25, 0.3) is 0 Å². The van der Waals surface area contributed by atoms with Gasteiger partial charge in [-0.2, -0.15) is 0 Å². The third-order valence-corrected chi connectivity index (χ3v) is 6.83. The fourth-order valence-corrected chi connectivity index (χ4v) is 4.90. The number of methoxy groups -OCH3 is 2. The van der Waals surface area contributed by atoms with Gasteiger partial charge >= 0.3 is 5.97 Å². The van der Waals surface area contributed by atoms with E-state index in [2.05, 4.69) is 42.7 Å². The lowest BCUT2D eigenvalue weighted by molar-refractivity contribution is -0.156. The molecule has 166 valence electrons. The van der Waals surface area contributed by atoms with E-state index in [1.807, 2.05) is 19.1 Å². The summed E-state index contributed by atoms with van der Waals surface area (Å²) in [5, 5.41) is 0. The van der Waals surface area contributed by atoms with Gasteiger partial charge in [0.1, 0.15) is 11.5 Å². The highest BCUT2D eigenvalue weighted by Gasteiger charge is 2.45. The van der Waals surface area contributed by atoms with Crippen LogP contribution in [0, 0.1) is 20.8 Å². The summed E-state index contributed by atoms with van der Waals surface area (Å²) in [4.78, 5) is 17.2. The first-order valence-corrected chi connectivity index (χ1v) is 10.8. The van der Waals surface area contributed by atoms with E-state index < -0.39 is 5.60 Å². The largest absolute Gasteiger partial charge is 0.497 e. The third-order valence-electron chi connectivity index (χ3n) is 6.83. The number of hydrogen-bond acceptors (Lipinski definition) is 6. The van der Waals surface area contributed by atoms with Crippen LogP contribution in [-0.4, -0.2) is 52.0 Å². The molecule has 2 aliphatic heterocycles. The molecule has 0 aromatic heterocycles. The number of carbonyl (C=O) groups excluding carboxylic acids is 1. The van der Waals surface area contributed by atoms with E-state index in [9.17, 15) is 4.79 Å². The summed E-state index contributed by atoms with van der Waals surface area (Å²) in [6.07, 6.45) is 0.542. The van der Waals surface area contributed by atoms with E-state index in [-0.39, 0.29) is 5.97 Å². The van der Waals surface area contributed by atoms with Crippen LogP contribution in [0.3, 0.4) is 0 Å². The zero-order valence-electron chi connectivity index (χ0n) is 19.4. The molecular formula is C25H32N2O4. The van der Waals surface area contributed by atoms with Crippen molar-refractivity contribution in [3.05, 3.63) is 46.5 Å². The van der Waals surface area contributed by atoms with E-state index in [0.29, 0.717) is 6.42 Å². The monoisotopic (exact) mass is 424 g/mol. The highest BCUT2D eigenvalue weighted by atomic mass is 16.6. The Kier molecular flexibility index (Phi) is 5.50. The average molecular weight is 425 g/mol. The summed E-state index contributed by atoms with van der Waals surface area (Å²) in [6, 6.07) is 8.27. The molecule has 4 rings (SSSR count). The number of nitrogens with zero attached hydrogens (tertiary/aromatic N) is 2. The van der Waals surface area contributed by atoms with E-state index >= 15 is 0 Å². The number of piperazine rings is 1. The Bertz CT molecular complexity index is 994. The Balaban J connectivity index is 1.57. The standard InChI is InChI=1S/C25H32N2O4/c1-16-17(2)23-21(15-25(4,31-23)24(28)30-6)18(3)22(16)27-13-11-26(12-14-27)19-7-9-20(29-5)10-8-19/h7-10H,11-15H2,1-6H3. The Morgan fingerprint density at radius 1 is 0.935 bits per heavy atom. The second-order valence-corrected chi connectivity index (χ2v) is 8.70. The first-order chi connectivity index (χ1) is 14.8. The van der Waals surface area contributed by atoms with Crippen molar-refractivity contribution in [2.24, 2.45) is 0 Å². The minimum absolute atomic E-state index is 0.324. The molecule has 0 aliphatic carbocycles. The quantitative estimate of drug-likeness (QED) is 0.696. The number of ether oxygens (including phenoxy) is 3. The van der Waals surface area contributed by atoms with Crippen LogP contribution in [0.15, 0.2) is 24.3 Å². The summed E-state index contributed by atoms with van der Waals surface area (Å²) < 4.78 is 16.4. The molecule has 1 saturated heterocycles. The second-order valence-electron chi connectivity index (χ2n) is 8.70. The van der Waals surface area contributed by atoms with Crippen molar-refractivity contribution in [2.75, 3.05) is 50.2 Å². The number of anilines is 2. The smallest absolute Gasteiger partial charge is 0.350 e. The number of carbonyl (C=O) groups is 1. The average Bonchev–Trinajstić information content (AvgIpc) is 3.17. The van der Waals surface area contributed by atoms with Gasteiger partial charge in [0, 0.05) is 49.5 Å². The third kappa shape index (κ3) is 3.58. The molecule has 0 N–H and O–H groups in total. The van der Waals surface area contributed by atoms with E-state index in [0.717, 1.165) is 48.8 Å². The van der Waals surface area contributed by atoms with Crippen LogP contribution in [-0.2, 0) is 16.0 Å². The van der Waals surface area contributed by atoms with Gasteiger partial charge in [0.15, 0.2) is 0 Å². The maximum atomic E-state index is 12.3. The van der Waals surface area contributed by atoms with Gasteiger partial charge in [-0.3, -0.25) is 0 Å². The van der Waals surface area contributed by atoms with Crippen LogP contribution in [0.1, 0.15) is 29.2 Å². The molecule has 0 amide bonds. The van der Waals surface area contributed by atoms with E-state index in [4.69, 9.17) is 14.2 Å². The maximum Gasteiger partial charge on any atom is 0.350 e. The van der Waals surface area contributed by atoms with Crippen LogP contribution >= 0.6 is 0 Å². The molecule has 6 nitrogen and oxygen atoms in total. The van der Waals surface area contributed by atoms with E-state index in [1.165, 1.54) is 29.6 Å². The van der Waals surface area contributed by atoms with Crippen molar-refractivity contribution in [2.45, 2.75) is 39.7 Å². The van der Waals surface area contributed by atoms with Crippen molar-refractivity contribution in [3.8, 4) is 11.5 Å². The highest BCUT2D eigenvalue weighted by molar-refractivity contribution is 5.83. The Morgan fingerprint density at radius 2 is 1.55 bits per heavy atom. The number of fused-ring (bicyclic) bond motifs is 1. The van der Waals surface area contributed by atoms with Crippen molar-refractivity contribution >= 4 is 17.3 Å². The molecule has 6 heteroatoms. The molecule has 0 radical (unpaired) electrons. The Hall–Kier alpha value is -2.89. The van der Waals surface area contributed by atoms with Gasteiger partial charge in [-0.1, -0.05) is 0 Å². The van der Waals surface area contributed by atoms with Gasteiger partial charge in [-0.15, -0.1) is 0 Å². The summed E-state index contributed by atoms with van der Waals surface area (Å²) in [6.45, 7) is 12.0. The lowest BCUT2D eigenvalue weighted by Crippen LogP contribution is -2.47. The topological polar surface area (TPSA) is 51.2 Å². The second kappa shape index (κ2) is 7.98. The molecule has 0 spiro atoms. The SMILES string of the molecule is COC(=O)C1(C)Cc2c(C)c(N3CCN(c4ccc(OC)cc4)CC3)c(C)c(C)c2O1. The molecule has 1 atom stereocenters. The van der Waals surface area contributed by atoms with Crippen LogP contribution in [0.2, 0.25) is 0 Å². The molecular weight excluding hydrogens is 392 g/mol. The van der Waals surface area contributed by atoms with Gasteiger partial charge in [0.2, 0.25) is 5.60 Å². The molecule has 0 bridgehead atoms. The minimum atomic E-state index is -0.954. The van der Waals surface area contributed by atoms with Gasteiger partial charge in [-0.25, -0.2) is 4.79 Å². The molecule has 1 unspecified atom stereocenters. The summed E-state index contributed by atoms with van der Waals surface area (Å²) >= 11 is 0. The van der Waals surface area contributed by atoms with Crippen LogP contribution < -0.4 is 19.3 Å². The Labute approximate surface area is 184 Å². The first kappa shape index (κ1) is 21.3. The molecule has 2 aromatic rings. The number of esters is 1. The molecule has 2 heterocycles. The highest BCUT2D eigenvalue weighted by Crippen LogP contribution is 2.46. The number of rotatable bonds is 4. The number of benzene rings is 2. The summed E-state index contributed by atoms with van der Waals surface area (Å²) in [5.74, 6) is 1.40. The van der Waals surface area contributed by atoms with Gasteiger partial charge < -0.3 is 24.0 Å². The molecule has 1 fully saturated rings. The van der Waals surface area contributed by atoms with Gasteiger partial charge in [0.05, 0.1) is 14.2 Å². The van der Waals surface area contributed by atoms with Crippen molar-refractivity contribution in [3.63, 3.8) is 0 Å². The summed E-state index contributed by atoms with van der Waals surface area (Å²) in [5.41, 5.74) is 6.23. The molecule has 31 heavy (non-hydrogen) atoms. The van der Waals surface area contributed by atoms with Crippen molar-refractivity contribution in [1.82, 2.24) is 0 Å². The van der Waals surface area contributed by atoms with Crippen molar-refractivity contribution in [1.29, 1.82) is 0 Å². The van der Waals surface area contributed by atoms with Crippen molar-refractivity contribution < 1.29 is 19.0 Å². The lowest BCUT2D eigenvalue weighted by Gasteiger charge is -2.39. The predicted octanol–water partition coefficient (Wildman–Crippen LogP) is 3.81. The van der Waals surface area contributed by atoms with Crippen LogP contribution in [0.5, 0.6) is 11.5 Å². The zero-order chi connectivity index (χ0) is 22.3. The predicted molar refractivity (Wildman–Crippen MR) is 123 cm³/mol.